The fraction of sp³-hybridized carbons (Fsp3) is 0.462. The molecule has 1 rings (SSSR count). The number of carboxylic acids is 1. The first-order valence-corrected chi connectivity index (χ1v) is 6.12. The Balaban J connectivity index is 0.00000441. The van der Waals surface area contributed by atoms with Gasteiger partial charge in [0.2, 0.25) is 5.82 Å². The molecule has 126 valence electrons. The van der Waals surface area contributed by atoms with E-state index in [1.165, 1.54) is 18.8 Å². The van der Waals surface area contributed by atoms with Gasteiger partial charge in [-0.05, 0) is 26.3 Å². The Bertz CT molecular complexity index is 527. The number of carbonyl (C=O) groups is 2. The minimum Gasteiger partial charge on any atom is -0.520 e. The third-order valence-corrected chi connectivity index (χ3v) is 2.26. The predicted molar refractivity (Wildman–Crippen MR) is 71.2 cm³/mol. The van der Waals surface area contributed by atoms with E-state index in [2.05, 4.69) is 9.97 Å². The van der Waals surface area contributed by atoms with E-state index in [1.807, 2.05) is 5.32 Å². The summed E-state index contributed by atoms with van der Waals surface area (Å²) in [7, 11) is 0. The van der Waals surface area contributed by atoms with Crippen molar-refractivity contribution >= 4 is 18.3 Å². The van der Waals surface area contributed by atoms with Gasteiger partial charge in [-0.2, -0.15) is 6.41 Å². The number of nitrogens with one attached hydrogen (secondary N) is 1. The first-order valence-electron chi connectivity index (χ1n) is 6.12. The van der Waals surface area contributed by atoms with E-state index in [-0.39, 0.29) is 12.2 Å². The molecule has 22 heavy (non-hydrogen) atoms. The number of aromatic nitrogens is 2. The second-order valence-corrected chi connectivity index (χ2v) is 5.26. The summed E-state index contributed by atoms with van der Waals surface area (Å²) in [6.45, 7) is 5.16. The molecule has 0 fully saturated rings. The molecule has 0 aliphatic rings. The molecule has 1 unspecified atom stereocenters. The first kappa shape index (κ1) is 18.5. The van der Waals surface area contributed by atoms with Gasteiger partial charge in [-0.15, -0.1) is 0 Å². The van der Waals surface area contributed by atoms with Crippen molar-refractivity contribution in [2.45, 2.75) is 38.8 Å². The molecule has 2 N–H and O–H groups in total. The standard InChI is InChI=1S/C13H16N3O5.Fm/c1-13(2,3)21-12(20)10-14-5-8(6-15-10)4-9(11(18)19)16-7-17;/h5-6,9H,4H2,1-3H3,(H,16,17)(H,18,19);/q-1;. The number of carbonyl (C=O) groups excluding carboxylic acids is 2. The van der Waals surface area contributed by atoms with Gasteiger partial charge in [0.1, 0.15) is 11.6 Å². The Labute approximate surface area is 121 Å². The number of aliphatic carboxylic acids is 1. The zero-order valence-electron chi connectivity index (χ0n) is 12.2. The molecule has 1 aromatic heterocycles. The van der Waals surface area contributed by atoms with Crippen LogP contribution in [0, 0.1) is 0 Å². The molecule has 0 bridgehead atoms. The van der Waals surface area contributed by atoms with Gasteiger partial charge in [0.15, 0.2) is 0 Å². The van der Waals surface area contributed by atoms with Crippen LogP contribution in [0.15, 0.2) is 12.4 Å². The van der Waals surface area contributed by atoms with Crippen molar-refractivity contribution in [1.29, 1.82) is 0 Å². The summed E-state index contributed by atoms with van der Waals surface area (Å²) in [6, 6.07) is -1.13. The molecular weight excluding hydrogens is 535 g/mol. The number of carboxylic acid groups (broad SMARTS) is 1. The average Bonchev–Trinajstić information content (AvgIpc) is 2.36. The van der Waals surface area contributed by atoms with Gasteiger partial charge < -0.3 is 20.0 Å². The van der Waals surface area contributed by atoms with Gasteiger partial charge in [0, 0.05) is 18.8 Å². The summed E-state index contributed by atoms with van der Waals surface area (Å²) in [6.07, 6.45) is 3.94. The number of amides is 1. The Morgan fingerprint density at radius 3 is 2.32 bits per heavy atom. The fourth-order valence-corrected chi connectivity index (χ4v) is 1.40. The number of ether oxygens (including phenoxy) is 1. The topological polar surface area (TPSA) is 118 Å². The van der Waals surface area contributed by atoms with Gasteiger partial charge in [-0.1, -0.05) is 0 Å². The van der Waals surface area contributed by atoms with Crippen molar-refractivity contribution < 1.29 is 24.2 Å². The van der Waals surface area contributed by atoms with Crippen LogP contribution in [0.25, 0.3) is 0 Å². The molecule has 9 heteroatoms. The van der Waals surface area contributed by atoms with Gasteiger partial charge in [-0.25, -0.2) is 14.8 Å². The maximum absolute atomic E-state index is 11.7. The van der Waals surface area contributed by atoms with E-state index in [0.29, 0.717) is 5.56 Å². The number of esters is 1. The number of nitrogens with zero attached hydrogens (tertiary/aromatic N) is 2. The molecule has 0 saturated carbocycles. The van der Waals surface area contributed by atoms with E-state index in [0.717, 1.165) is 0 Å². The molecule has 0 aliphatic carbocycles. The minimum absolute atomic E-state index is 0. The van der Waals surface area contributed by atoms with Gasteiger partial charge in [0.05, 0.1) is 0 Å². The van der Waals surface area contributed by atoms with Crippen LogP contribution >= 0.6 is 0 Å². The SMILES string of the molecule is CC(C)(C)OC(=O)c1ncc(CC(N[C-]=O)C(=O)O)cn1.[Fm]. The van der Waals surface area contributed by atoms with Crippen molar-refractivity contribution in [3.63, 3.8) is 0 Å². The number of hydrogen-bond acceptors (Lipinski definition) is 6. The molecule has 0 aliphatic heterocycles. The van der Waals surface area contributed by atoms with E-state index in [4.69, 9.17) is 9.84 Å². The Kier molecular flexibility index (Phi) is 6.15. The maximum atomic E-state index is 11.7. The Morgan fingerprint density at radius 1 is 1.36 bits per heavy atom. The number of hydrogen-bond donors (Lipinski definition) is 2. The molecule has 1 aromatic rings. The Hall–Kier alpha value is -3.51. The quantitative estimate of drug-likeness (QED) is 0.292. The average molecular weight is 551 g/mol. The predicted octanol–water partition coefficient (Wildman–Crippen LogP) is 0.0844. The first-order chi connectivity index (χ1) is 9.73. The molecule has 0 spiro atoms. The van der Waals surface area contributed by atoms with Gasteiger partial charge in [-0.3, -0.25) is 4.79 Å². The van der Waals surface area contributed by atoms with Crippen LogP contribution in [-0.4, -0.2) is 45.1 Å². The normalized spacial score (nSPS) is 11.8. The summed E-state index contributed by atoms with van der Waals surface area (Å²) < 4.78 is 5.10. The van der Waals surface area contributed by atoms with Crippen LogP contribution < -0.4 is 5.32 Å². The van der Waals surface area contributed by atoms with Crippen LogP contribution in [0.3, 0.4) is 0 Å². The van der Waals surface area contributed by atoms with Crippen LogP contribution in [0.2, 0.25) is 0 Å². The van der Waals surface area contributed by atoms with Crippen molar-refractivity contribution in [1.82, 2.24) is 15.3 Å². The van der Waals surface area contributed by atoms with E-state index < -0.39 is 23.6 Å². The summed E-state index contributed by atoms with van der Waals surface area (Å²) in [5, 5.41) is 10.9. The van der Waals surface area contributed by atoms with Crippen molar-refractivity contribution in [2.75, 3.05) is 0 Å². The van der Waals surface area contributed by atoms with Crippen molar-refractivity contribution in [2.24, 2.45) is 0 Å². The Morgan fingerprint density at radius 2 is 1.91 bits per heavy atom. The molecule has 1 heterocycles. The smallest absolute Gasteiger partial charge is 0.376 e. The summed E-state index contributed by atoms with van der Waals surface area (Å²) in [5.41, 5.74) is -0.200. The summed E-state index contributed by atoms with van der Waals surface area (Å²) in [4.78, 5) is 40.4. The summed E-state index contributed by atoms with van der Waals surface area (Å²) in [5.74, 6) is -1.98. The fourth-order valence-electron chi connectivity index (χ4n) is 1.40. The van der Waals surface area contributed by atoms with Gasteiger partial charge in [0.25, 0.3) is 0 Å². The molecule has 8 nitrogen and oxygen atoms in total. The molecule has 1 atom stereocenters. The maximum Gasteiger partial charge on any atom is 0.376 e. The molecule has 1 amide bonds. The zero-order valence-corrected chi connectivity index (χ0v) is 14.6. The second-order valence-electron chi connectivity index (χ2n) is 5.26. The third-order valence-electron chi connectivity index (χ3n) is 2.26. The molecular formula is C13H16FmN3O5-. The van der Waals surface area contributed by atoms with Crippen LogP contribution in [-0.2, 0) is 20.7 Å². The number of rotatable bonds is 6. The minimum atomic E-state index is -1.20. The monoisotopic (exact) mass is 551 g/mol. The third kappa shape index (κ3) is 5.64. The van der Waals surface area contributed by atoms with Gasteiger partial charge >= 0.3 is 11.9 Å². The van der Waals surface area contributed by atoms with Crippen molar-refractivity contribution in [3.8, 4) is 0 Å². The zero-order chi connectivity index (χ0) is 16.0. The molecule has 0 saturated heterocycles. The summed E-state index contributed by atoms with van der Waals surface area (Å²) >= 11 is 0. The molecule has 0 radical (unpaired) electrons. The second kappa shape index (κ2) is 7.32. The van der Waals surface area contributed by atoms with E-state index in [9.17, 15) is 14.4 Å². The van der Waals surface area contributed by atoms with Crippen LogP contribution in [0.5, 0.6) is 0 Å². The van der Waals surface area contributed by atoms with Crippen LogP contribution in [0.1, 0.15) is 37.0 Å². The molecule has 0 aromatic carbocycles. The van der Waals surface area contributed by atoms with Crippen molar-refractivity contribution in [3.05, 3.63) is 23.8 Å². The van der Waals surface area contributed by atoms with E-state index >= 15 is 0 Å². The van der Waals surface area contributed by atoms with E-state index in [1.54, 1.807) is 20.8 Å². The van der Waals surface area contributed by atoms with Crippen LogP contribution in [0.4, 0.5) is 0 Å². The largest absolute Gasteiger partial charge is 0.520 e.